The predicted octanol–water partition coefficient (Wildman–Crippen LogP) is 1.10. The Labute approximate surface area is 114 Å². The van der Waals surface area contributed by atoms with E-state index in [2.05, 4.69) is 5.32 Å². The van der Waals surface area contributed by atoms with E-state index in [0.717, 1.165) is 12.3 Å². The van der Waals surface area contributed by atoms with Gasteiger partial charge in [-0.1, -0.05) is 6.07 Å². The SMILES string of the molecule is CS(=O)(=O)c1ccc(C2CC(C(=O)O)CN2)c(F)c1F. The van der Waals surface area contributed by atoms with Crippen LogP contribution in [0.3, 0.4) is 0 Å². The maximum absolute atomic E-state index is 13.9. The van der Waals surface area contributed by atoms with E-state index in [1.165, 1.54) is 6.07 Å². The van der Waals surface area contributed by atoms with Crippen LogP contribution < -0.4 is 5.32 Å². The Bertz CT molecular complexity index is 660. The number of benzene rings is 1. The molecule has 1 heterocycles. The normalized spacial score (nSPS) is 22.9. The van der Waals surface area contributed by atoms with Crippen LogP contribution in [0.25, 0.3) is 0 Å². The van der Waals surface area contributed by atoms with E-state index in [9.17, 15) is 22.0 Å². The molecular weight excluding hydrogens is 292 g/mol. The molecule has 0 aromatic heterocycles. The van der Waals surface area contributed by atoms with Crippen molar-refractivity contribution in [3.05, 3.63) is 29.3 Å². The summed E-state index contributed by atoms with van der Waals surface area (Å²) in [5, 5.41) is 11.7. The fourth-order valence-corrected chi connectivity index (χ4v) is 2.99. The average molecular weight is 305 g/mol. The lowest BCUT2D eigenvalue weighted by Crippen LogP contribution is -2.18. The van der Waals surface area contributed by atoms with Gasteiger partial charge in [0.05, 0.1) is 5.92 Å². The second-order valence-corrected chi connectivity index (χ2v) is 6.77. The van der Waals surface area contributed by atoms with E-state index in [4.69, 9.17) is 5.11 Å². The lowest BCUT2D eigenvalue weighted by molar-refractivity contribution is -0.141. The number of aliphatic carboxylic acids is 1. The van der Waals surface area contributed by atoms with Crippen molar-refractivity contribution in [3.63, 3.8) is 0 Å². The van der Waals surface area contributed by atoms with Gasteiger partial charge in [0.25, 0.3) is 0 Å². The van der Waals surface area contributed by atoms with E-state index in [0.29, 0.717) is 0 Å². The first kappa shape index (κ1) is 14.9. The third kappa shape index (κ3) is 2.66. The molecule has 1 saturated heterocycles. The summed E-state index contributed by atoms with van der Waals surface area (Å²) in [6, 6.07) is 1.54. The van der Waals surface area contributed by atoms with E-state index in [-0.39, 0.29) is 18.5 Å². The number of carboxylic acids is 1. The van der Waals surface area contributed by atoms with Crippen LogP contribution in [0.15, 0.2) is 17.0 Å². The molecule has 2 N–H and O–H groups in total. The van der Waals surface area contributed by atoms with Crippen LogP contribution >= 0.6 is 0 Å². The van der Waals surface area contributed by atoms with Crippen LogP contribution in [0.4, 0.5) is 8.78 Å². The van der Waals surface area contributed by atoms with Crippen molar-refractivity contribution < 1.29 is 27.1 Å². The number of carboxylic acid groups (broad SMARTS) is 1. The molecule has 1 aromatic carbocycles. The molecule has 1 fully saturated rings. The molecule has 0 amide bonds. The molecule has 8 heteroatoms. The van der Waals surface area contributed by atoms with Crippen LogP contribution in [0.5, 0.6) is 0 Å². The molecule has 20 heavy (non-hydrogen) atoms. The quantitative estimate of drug-likeness (QED) is 0.874. The third-order valence-electron chi connectivity index (χ3n) is 3.33. The van der Waals surface area contributed by atoms with Crippen molar-refractivity contribution >= 4 is 15.8 Å². The average Bonchev–Trinajstić information content (AvgIpc) is 2.80. The molecule has 1 aliphatic rings. The van der Waals surface area contributed by atoms with Gasteiger partial charge in [-0.15, -0.1) is 0 Å². The van der Waals surface area contributed by atoms with Gasteiger partial charge in [-0.3, -0.25) is 4.79 Å². The summed E-state index contributed by atoms with van der Waals surface area (Å²) in [7, 11) is -3.85. The molecular formula is C12H13F2NO4S. The Kier molecular flexibility index (Phi) is 3.79. The van der Waals surface area contributed by atoms with E-state index in [1.807, 2.05) is 0 Å². The molecule has 1 aromatic rings. The minimum atomic E-state index is -3.85. The molecule has 0 radical (unpaired) electrons. The van der Waals surface area contributed by atoms with Crippen LogP contribution in [0, 0.1) is 17.6 Å². The van der Waals surface area contributed by atoms with E-state index >= 15 is 0 Å². The molecule has 5 nitrogen and oxygen atoms in total. The van der Waals surface area contributed by atoms with Gasteiger partial charge in [0.2, 0.25) is 0 Å². The predicted molar refractivity (Wildman–Crippen MR) is 66.0 cm³/mol. The van der Waals surface area contributed by atoms with Gasteiger partial charge >= 0.3 is 5.97 Å². The van der Waals surface area contributed by atoms with Gasteiger partial charge in [0.15, 0.2) is 21.5 Å². The first-order valence-corrected chi connectivity index (χ1v) is 7.75. The monoisotopic (exact) mass is 305 g/mol. The summed E-state index contributed by atoms with van der Waals surface area (Å²) in [5.41, 5.74) is -0.0568. The van der Waals surface area contributed by atoms with Crippen LogP contribution in [-0.4, -0.2) is 32.3 Å². The van der Waals surface area contributed by atoms with Crippen molar-refractivity contribution in [2.75, 3.05) is 12.8 Å². The number of halogens is 2. The molecule has 0 saturated carbocycles. The summed E-state index contributed by atoms with van der Waals surface area (Å²) in [5.74, 6) is -4.35. The Morgan fingerprint density at radius 3 is 2.50 bits per heavy atom. The Balaban J connectivity index is 2.37. The Morgan fingerprint density at radius 2 is 2.00 bits per heavy atom. The minimum absolute atomic E-state index is 0.0568. The second-order valence-electron chi connectivity index (χ2n) is 4.78. The molecule has 2 unspecified atom stereocenters. The molecule has 2 rings (SSSR count). The molecule has 2 atom stereocenters. The standard InChI is InChI=1S/C12H13F2NO4S/c1-20(18,19)9-3-2-7(10(13)11(9)14)8-4-6(5-15-8)12(16)17/h2-3,6,8,15H,4-5H2,1H3,(H,16,17). The van der Waals surface area contributed by atoms with Crippen LogP contribution in [0.1, 0.15) is 18.0 Å². The summed E-state index contributed by atoms with van der Waals surface area (Å²) in [6.07, 6.45) is 0.919. The number of hydrogen-bond donors (Lipinski definition) is 2. The lowest BCUT2D eigenvalue weighted by atomic mass is 9.99. The van der Waals surface area contributed by atoms with Gasteiger partial charge in [0.1, 0.15) is 4.90 Å². The van der Waals surface area contributed by atoms with Crippen LogP contribution in [-0.2, 0) is 14.6 Å². The second kappa shape index (κ2) is 5.10. The summed E-state index contributed by atoms with van der Waals surface area (Å²) >= 11 is 0. The molecule has 110 valence electrons. The molecule has 0 aliphatic carbocycles. The maximum atomic E-state index is 13.9. The van der Waals surface area contributed by atoms with Gasteiger partial charge < -0.3 is 10.4 Å². The fraction of sp³-hybridized carbons (Fsp3) is 0.417. The number of carbonyl (C=O) groups is 1. The zero-order chi connectivity index (χ0) is 15.1. The van der Waals surface area contributed by atoms with Gasteiger partial charge in [-0.2, -0.15) is 0 Å². The largest absolute Gasteiger partial charge is 0.481 e. The summed E-state index contributed by atoms with van der Waals surface area (Å²) in [4.78, 5) is 10.1. The first-order chi connectivity index (χ1) is 9.21. The topological polar surface area (TPSA) is 83.5 Å². The maximum Gasteiger partial charge on any atom is 0.307 e. The van der Waals surface area contributed by atoms with Crippen molar-refractivity contribution in [2.45, 2.75) is 17.4 Å². The Hall–Kier alpha value is -1.54. The number of hydrogen-bond acceptors (Lipinski definition) is 4. The number of nitrogens with one attached hydrogen (secondary N) is 1. The van der Waals surface area contributed by atoms with Gasteiger partial charge in [-0.05, 0) is 12.5 Å². The van der Waals surface area contributed by atoms with Gasteiger partial charge in [-0.25, -0.2) is 17.2 Å². The molecule has 1 aliphatic heterocycles. The van der Waals surface area contributed by atoms with Crippen molar-refractivity contribution in [1.29, 1.82) is 0 Å². The van der Waals surface area contributed by atoms with Crippen molar-refractivity contribution in [3.8, 4) is 0 Å². The van der Waals surface area contributed by atoms with E-state index < -0.39 is 44.3 Å². The zero-order valence-corrected chi connectivity index (χ0v) is 11.4. The third-order valence-corrected chi connectivity index (χ3v) is 4.45. The van der Waals surface area contributed by atoms with Gasteiger partial charge in [0, 0.05) is 24.4 Å². The highest BCUT2D eigenvalue weighted by Gasteiger charge is 2.33. The molecule has 0 spiro atoms. The van der Waals surface area contributed by atoms with Crippen molar-refractivity contribution in [2.24, 2.45) is 5.92 Å². The highest BCUT2D eigenvalue weighted by molar-refractivity contribution is 7.90. The number of sulfone groups is 1. The van der Waals surface area contributed by atoms with E-state index in [1.54, 1.807) is 0 Å². The molecule has 0 bridgehead atoms. The first-order valence-electron chi connectivity index (χ1n) is 5.86. The smallest absolute Gasteiger partial charge is 0.307 e. The zero-order valence-electron chi connectivity index (χ0n) is 10.6. The highest BCUT2D eigenvalue weighted by atomic mass is 32.2. The minimum Gasteiger partial charge on any atom is -0.481 e. The van der Waals surface area contributed by atoms with Crippen LogP contribution in [0.2, 0.25) is 0 Å². The Morgan fingerprint density at radius 1 is 1.35 bits per heavy atom. The summed E-state index contributed by atoms with van der Waals surface area (Å²) < 4.78 is 50.3. The highest BCUT2D eigenvalue weighted by Crippen LogP contribution is 2.31. The lowest BCUT2D eigenvalue weighted by Gasteiger charge is -2.13. The van der Waals surface area contributed by atoms with Crippen molar-refractivity contribution in [1.82, 2.24) is 5.32 Å². The number of rotatable bonds is 3. The summed E-state index contributed by atoms with van der Waals surface area (Å²) in [6.45, 7) is 0.162. The fourth-order valence-electron chi connectivity index (χ4n) is 2.26.